The minimum atomic E-state index is -2.99. The fourth-order valence-corrected chi connectivity index (χ4v) is 4.05. The van der Waals surface area contributed by atoms with Gasteiger partial charge in [-0.05, 0) is 19.3 Å². The molecule has 1 fully saturated rings. The molecule has 1 aliphatic rings. The maximum Gasteiger partial charge on any atom is 0.293 e. The normalized spacial score (nSPS) is 21.4. The van der Waals surface area contributed by atoms with Gasteiger partial charge in [-0.15, -0.1) is 0 Å². The van der Waals surface area contributed by atoms with E-state index in [-0.39, 0.29) is 23.7 Å². The van der Waals surface area contributed by atoms with Crippen molar-refractivity contribution in [3.63, 3.8) is 0 Å². The van der Waals surface area contributed by atoms with Gasteiger partial charge in [0.1, 0.15) is 0 Å². The number of sulfone groups is 1. The molecule has 0 aliphatic carbocycles. The maximum atomic E-state index is 12.0. The Morgan fingerprint density at radius 3 is 2.95 bits per heavy atom. The van der Waals surface area contributed by atoms with Gasteiger partial charge >= 0.3 is 0 Å². The highest BCUT2D eigenvalue weighted by Crippen LogP contribution is 2.19. The van der Waals surface area contributed by atoms with Crippen LogP contribution >= 0.6 is 0 Å². The van der Waals surface area contributed by atoms with Gasteiger partial charge in [-0.1, -0.05) is 6.92 Å². The summed E-state index contributed by atoms with van der Waals surface area (Å²) in [4.78, 5) is 16.0. The molecule has 0 spiro atoms. The van der Waals surface area contributed by atoms with E-state index in [4.69, 9.17) is 0 Å². The summed E-state index contributed by atoms with van der Waals surface area (Å²) in [6.07, 6.45) is 5.43. The first kappa shape index (κ1) is 14.0. The van der Waals surface area contributed by atoms with E-state index in [1.54, 1.807) is 17.0 Å². The maximum absolute atomic E-state index is 12.0. The lowest BCUT2D eigenvalue weighted by Gasteiger charge is -2.12. The predicted octanol–water partition coefficient (Wildman–Crippen LogP) is 0.642. The third kappa shape index (κ3) is 3.15. The van der Waals surface area contributed by atoms with Crippen LogP contribution in [-0.4, -0.2) is 35.5 Å². The van der Waals surface area contributed by atoms with Gasteiger partial charge in [0.25, 0.3) is 5.56 Å². The van der Waals surface area contributed by atoms with Crippen LogP contribution in [-0.2, 0) is 16.4 Å². The molecule has 0 saturated carbocycles. The molecule has 6 nitrogen and oxygen atoms in total. The average Bonchev–Trinajstić information content (AvgIpc) is 2.70. The predicted molar refractivity (Wildman–Crippen MR) is 74.1 cm³/mol. The van der Waals surface area contributed by atoms with Crippen LogP contribution in [0.4, 0.5) is 5.82 Å². The number of hydrogen-bond acceptors (Lipinski definition) is 5. The van der Waals surface area contributed by atoms with E-state index in [0.29, 0.717) is 19.4 Å². The molecule has 1 atom stereocenters. The van der Waals surface area contributed by atoms with Gasteiger partial charge < -0.3 is 9.88 Å². The number of hydrogen-bond donors (Lipinski definition) is 1. The van der Waals surface area contributed by atoms with Gasteiger partial charge in [-0.2, -0.15) is 0 Å². The average molecular weight is 285 g/mol. The van der Waals surface area contributed by atoms with E-state index in [2.05, 4.69) is 10.3 Å². The van der Waals surface area contributed by atoms with Crippen LogP contribution in [0.25, 0.3) is 0 Å². The molecule has 0 aromatic carbocycles. The molecule has 0 amide bonds. The summed E-state index contributed by atoms with van der Waals surface area (Å²) in [5.41, 5.74) is -0.195. The van der Waals surface area contributed by atoms with Crippen molar-refractivity contribution in [1.82, 2.24) is 9.55 Å². The van der Waals surface area contributed by atoms with E-state index in [1.165, 1.54) is 0 Å². The van der Waals surface area contributed by atoms with Gasteiger partial charge in [-0.3, -0.25) is 4.79 Å². The van der Waals surface area contributed by atoms with Crippen molar-refractivity contribution < 1.29 is 8.42 Å². The van der Waals surface area contributed by atoms with Crippen molar-refractivity contribution in [2.24, 2.45) is 0 Å². The summed E-state index contributed by atoms with van der Waals surface area (Å²) in [6.45, 7) is 2.89. The minimum Gasteiger partial charge on any atom is -0.364 e. The zero-order valence-electron chi connectivity index (χ0n) is 11.0. The Morgan fingerprint density at radius 1 is 1.53 bits per heavy atom. The molecule has 1 N–H and O–H groups in total. The molecular weight excluding hydrogens is 266 g/mol. The van der Waals surface area contributed by atoms with Crippen LogP contribution in [0.3, 0.4) is 0 Å². The number of nitrogens with zero attached hydrogens (tertiary/aromatic N) is 2. The van der Waals surface area contributed by atoms with E-state index < -0.39 is 15.1 Å². The van der Waals surface area contributed by atoms with Crippen LogP contribution in [0.1, 0.15) is 26.2 Å². The SMILES string of the molecule is CCCn1ccnc(NCC2CCCS2(=O)=O)c1=O. The summed E-state index contributed by atoms with van der Waals surface area (Å²) in [7, 11) is -2.99. The number of aromatic nitrogens is 2. The lowest BCUT2D eigenvalue weighted by atomic mass is 10.2. The highest BCUT2D eigenvalue weighted by molar-refractivity contribution is 7.92. The Balaban J connectivity index is 2.08. The number of rotatable bonds is 5. The molecule has 7 heteroatoms. The highest BCUT2D eigenvalue weighted by Gasteiger charge is 2.31. The molecule has 1 aromatic heterocycles. The summed E-state index contributed by atoms with van der Waals surface area (Å²) in [5.74, 6) is 0.486. The molecule has 0 bridgehead atoms. The molecule has 1 aromatic rings. The fraction of sp³-hybridized carbons (Fsp3) is 0.667. The third-order valence-corrected chi connectivity index (χ3v) is 5.61. The van der Waals surface area contributed by atoms with E-state index >= 15 is 0 Å². The Labute approximate surface area is 112 Å². The molecule has 0 radical (unpaired) electrons. The lowest BCUT2D eigenvalue weighted by molar-refractivity contribution is 0.591. The molecule has 1 unspecified atom stereocenters. The molecule has 19 heavy (non-hydrogen) atoms. The zero-order valence-corrected chi connectivity index (χ0v) is 11.8. The Morgan fingerprint density at radius 2 is 2.32 bits per heavy atom. The molecule has 106 valence electrons. The van der Waals surface area contributed by atoms with Crippen LogP contribution in [0.15, 0.2) is 17.2 Å². The first-order valence-electron chi connectivity index (χ1n) is 6.55. The van der Waals surface area contributed by atoms with Crippen LogP contribution in [0.2, 0.25) is 0 Å². The number of nitrogens with one attached hydrogen (secondary N) is 1. The summed E-state index contributed by atoms with van der Waals surface area (Å²) in [6, 6.07) is 0. The van der Waals surface area contributed by atoms with Crippen molar-refractivity contribution in [3.05, 3.63) is 22.7 Å². The molecule has 1 aliphatic heterocycles. The Kier molecular flexibility index (Phi) is 4.24. The fourth-order valence-electron chi connectivity index (χ4n) is 2.28. The van der Waals surface area contributed by atoms with E-state index in [1.807, 2.05) is 6.92 Å². The van der Waals surface area contributed by atoms with Crippen molar-refractivity contribution in [1.29, 1.82) is 0 Å². The second kappa shape index (κ2) is 5.73. The van der Waals surface area contributed by atoms with Crippen molar-refractivity contribution >= 4 is 15.7 Å². The van der Waals surface area contributed by atoms with Crippen molar-refractivity contribution in [3.8, 4) is 0 Å². The van der Waals surface area contributed by atoms with Crippen LogP contribution in [0, 0.1) is 0 Å². The second-order valence-electron chi connectivity index (χ2n) is 4.79. The van der Waals surface area contributed by atoms with Crippen molar-refractivity contribution in [2.75, 3.05) is 17.6 Å². The van der Waals surface area contributed by atoms with Gasteiger partial charge in [0.15, 0.2) is 15.7 Å². The number of aryl methyl sites for hydroxylation is 1. The largest absolute Gasteiger partial charge is 0.364 e. The van der Waals surface area contributed by atoms with Gasteiger partial charge in [0.05, 0.1) is 11.0 Å². The summed E-state index contributed by atoms with van der Waals surface area (Å²) >= 11 is 0. The topological polar surface area (TPSA) is 81.1 Å². The first-order valence-corrected chi connectivity index (χ1v) is 8.27. The standard InChI is InChI=1S/C12H19N3O3S/c1-2-6-15-7-5-13-11(12(15)16)14-9-10-4-3-8-19(10,17)18/h5,7,10H,2-4,6,8-9H2,1H3,(H,13,14). The summed E-state index contributed by atoms with van der Waals surface area (Å²) < 4.78 is 25.0. The number of anilines is 1. The van der Waals surface area contributed by atoms with E-state index in [9.17, 15) is 13.2 Å². The second-order valence-corrected chi connectivity index (χ2v) is 7.19. The molecular formula is C12H19N3O3S. The highest BCUT2D eigenvalue weighted by atomic mass is 32.2. The smallest absolute Gasteiger partial charge is 0.293 e. The lowest BCUT2D eigenvalue weighted by Crippen LogP contribution is -2.30. The van der Waals surface area contributed by atoms with Crippen LogP contribution < -0.4 is 10.9 Å². The van der Waals surface area contributed by atoms with Crippen molar-refractivity contribution in [2.45, 2.75) is 38.0 Å². The first-order chi connectivity index (χ1) is 9.04. The minimum absolute atomic E-state index is 0.195. The van der Waals surface area contributed by atoms with Crippen LogP contribution in [0.5, 0.6) is 0 Å². The monoisotopic (exact) mass is 285 g/mol. The van der Waals surface area contributed by atoms with E-state index in [0.717, 1.165) is 6.42 Å². The molecule has 2 heterocycles. The van der Waals surface area contributed by atoms with Gasteiger partial charge in [0.2, 0.25) is 0 Å². The summed E-state index contributed by atoms with van der Waals surface area (Å²) in [5, 5.41) is 2.49. The molecule has 1 saturated heterocycles. The Bertz CT molecular complexity index is 594. The quantitative estimate of drug-likeness (QED) is 0.858. The zero-order chi connectivity index (χ0) is 13.9. The van der Waals surface area contributed by atoms with Gasteiger partial charge in [-0.25, -0.2) is 13.4 Å². The van der Waals surface area contributed by atoms with Gasteiger partial charge in [0, 0.05) is 25.5 Å². The third-order valence-electron chi connectivity index (χ3n) is 3.34. The Hall–Kier alpha value is -1.37. The molecule has 2 rings (SSSR count).